The Hall–Kier alpha value is -3.49. The molecule has 4 N–H and O–H groups in total. The number of aromatic nitrogens is 1. The third-order valence-corrected chi connectivity index (χ3v) is 5.91. The summed E-state index contributed by atoms with van der Waals surface area (Å²) < 4.78 is 13.3. The summed E-state index contributed by atoms with van der Waals surface area (Å²) in [7, 11) is 0. The number of pyridine rings is 1. The fraction of sp³-hybridized carbons (Fsp3) is 0.333. The molecular weight excluding hydrogens is 389 g/mol. The van der Waals surface area contributed by atoms with Crippen LogP contribution in [0.15, 0.2) is 42.6 Å². The smallest absolute Gasteiger partial charge is 0.322 e. The van der Waals surface area contributed by atoms with E-state index < -0.39 is 17.5 Å². The van der Waals surface area contributed by atoms with Crippen molar-refractivity contribution < 1.29 is 18.8 Å². The lowest BCUT2D eigenvalue weighted by Crippen LogP contribution is -2.57. The molecule has 0 saturated carbocycles. The molecule has 0 spiro atoms. The number of nitrogens with zero attached hydrogens (tertiary/aromatic N) is 2. The van der Waals surface area contributed by atoms with Crippen LogP contribution < -0.4 is 21.3 Å². The van der Waals surface area contributed by atoms with E-state index in [0.29, 0.717) is 37.3 Å². The number of anilines is 1. The van der Waals surface area contributed by atoms with Crippen molar-refractivity contribution in [2.45, 2.75) is 24.8 Å². The number of hydrogen-bond acceptors (Lipinski definition) is 5. The second kappa shape index (κ2) is 7.74. The molecule has 30 heavy (non-hydrogen) atoms. The van der Waals surface area contributed by atoms with Crippen LogP contribution in [0.3, 0.4) is 0 Å². The van der Waals surface area contributed by atoms with Gasteiger partial charge in [-0.15, -0.1) is 0 Å². The maximum Gasteiger partial charge on any atom is 0.322 e. The maximum absolute atomic E-state index is 13.3. The predicted molar refractivity (Wildman–Crippen MR) is 107 cm³/mol. The molecule has 4 amide bonds. The van der Waals surface area contributed by atoms with E-state index in [0.717, 1.165) is 5.56 Å². The molecular formula is C21H22FN5O3. The summed E-state index contributed by atoms with van der Waals surface area (Å²) in [6.07, 6.45) is 3.08. The van der Waals surface area contributed by atoms with Crippen LogP contribution in [0.5, 0.6) is 0 Å². The molecule has 8 nitrogen and oxygen atoms in total. The van der Waals surface area contributed by atoms with Crippen LogP contribution in [0.1, 0.15) is 28.8 Å². The van der Waals surface area contributed by atoms with Gasteiger partial charge in [-0.25, -0.2) is 14.2 Å². The molecule has 2 aliphatic rings. The van der Waals surface area contributed by atoms with Crippen molar-refractivity contribution in [3.63, 3.8) is 0 Å². The van der Waals surface area contributed by atoms with Gasteiger partial charge in [0.2, 0.25) is 0 Å². The van der Waals surface area contributed by atoms with Crippen molar-refractivity contribution in [3.05, 3.63) is 59.5 Å². The Morgan fingerprint density at radius 2 is 1.90 bits per heavy atom. The van der Waals surface area contributed by atoms with Crippen molar-refractivity contribution in [2.24, 2.45) is 11.7 Å². The molecule has 0 aliphatic carbocycles. The number of halogens is 1. The van der Waals surface area contributed by atoms with E-state index in [2.05, 4.69) is 15.6 Å². The zero-order valence-electron chi connectivity index (χ0n) is 16.2. The molecule has 2 fully saturated rings. The molecule has 1 aromatic carbocycles. The van der Waals surface area contributed by atoms with Crippen LogP contribution in [0, 0.1) is 11.7 Å². The fourth-order valence-electron chi connectivity index (χ4n) is 4.41. The Balaban J connectivity index is 1.56. The minimum Gasteiger partial charge on any atom is -0.365 e. The number of piperidine rings is 1. The van der Waals surface area contributed by atoms with Gasteiger partial charge in [0.25, 0.3) is 11.8 Å². The van der Waals surface area contributed by atoms with Crippen LogP contribution in [0.25, 0.3) is 0 Å². The zero-order valence-corrected chi connectivity index (χ0v) is 16.2. The Bertz CT molecular complexity index is 988. The topological polar surface area (TPSA) is 117 Å². The van der Waals surface area contributed by atoms with E-state index in [-0.39, 0.29) is 24.1 Å². The van der Waals surface area contributed by atoms with E-state index in [9.17, 15) is 18.8 Å². The van der Waals surface area contributed by atoms with E-state index >= 15 is 0 Å². The summed E-state index contributed by atoms with van der Waals surface area (Å²) >= 11 is 0. The molecule has 0 radical (unpaired) electrons. The minimum atomic E-state index is -1.10. The molecule has 9 heteroatoms. The van der Waals surface area contributed by atoms with Crippen molar-refractivity contribution in [2.75, 3.05) is 18.0 Å². The van der Waals surface area contributed by atoms with Crippen LogP contribution in [0.2, 0.25) is 0 Å². The average Bonchev–Trinajstić information content (AvgIpc) is 3.03. The summed E-state index contributed by atoms with van der Waals surface area (Å²) in [5.74, 6) is -0.884. The standard InChI is InChI=1S/C21H22FN5O3/c22-15-5-3-13(4-6-15)12-21(19(29)25-20(30)26-21)14-7-10-27(11-8-14)18-16(17(23)28)2-1-9-24-18/h1-6,9,14H,7-8,10-12H2,(H2,23,28)(H2,25,26,29,30). The number of nitrogens with two attached hydrogens (primary N) is 1. The van der Waals surface area contributed by atoms with E-state index in [4.69, 9.17) is 5.73 Å². The van der Waals surface area contributed by atoms with Crippen LogP contribution in [-0.2, 0) is 11.2 Å². The number of hydrogen-bond donors (Lipinski definition) is 3. The van der Waals surface area contributed by atoms with E-state index in [1.807, 2.05) is 4.90 Å². The van der Waals surface area contributed by atoms with Crippen LogP contribution in [0.4, 0.5) is 15.0 Å². The normalized spacial score (nSPS) is 22.0. The quantitative estimate of drug-likeness (QED) is 0.642. The van der Waals surface area contributed by atoms with Gasteiger partial charge in [-0.3, -0.25) is 14.9 Å². The third-order valence-electron chi connectivity index (χ3n) is 5.91. The highest BCUT2D eigenvalue weighted by molar-refractivity contribution is 6.07. The molecule has 1 unspecified atom stereocenters. The Labute approximate surface area is 172 Å². The van der Waals surface area contributed by atoms with Gasteiger partial charge in [0, 0.05) is 25.7 Å². The summed E-state index contributed by atoms with van der Waals surface area (Å²) in [4.78, 5) is 42.8. The van der Waals surface area contributed by atoms with Gasteiger partial charge < -0.3 is 16.0 Å². The van der Waals surface area contributed by atoms with Gasteiger partial charge in [-0.1, -0.05) is 12.1 Å². The van der Waals surface area contributed by atoms with Crippen LogP contribution in [-0.4, -0.2) is 41.5 Å². The van der Waals surface area contributed by atoms with Gasteiger partial charge >= 0.3 is 6.03 Å². The second-order valence-electron chi connectivity index (χ2n) is 7.68. The number of imide groups is 1. The van der Waals surface area contributed by atoms with Gasteiger partial charge in [-0.05, 0) is 48.6 Å². The first kappa shape index (κ1) is 19.8. The van der Waals surface area contributed by atoms with Crippen LogP contribution >= 0.6 is 0 Å². The monoisotopic (exact) mass is 411 g/mol. The van der Waals surface area contributed by atoms with Crippen molar-refractivity contribution in [1.82, 2.24) is 15.6 Å². The maximum atomic E-state index is 13.3. The molecule has 4 rings (SSSR count). The minimum absolute atomic E-state index is 0.133. The molecule has 1 atom stereocenters. The highest BCUT2D eigenvalue weighted by atomic mass is 19.1. The summed E-state index contributed by atoms with van der Waals surface area (Å²) in [5, 5.41) is 5.19. The lowest BCUT2D eigenvalue weighted by Gasteiger charge is -2.41. The SMILES string of the molecule is NC(=O)c1cccnc1N1CCC(C2(Cc3ccc(F)cc3)NC(=O)NC2=O)CC1. The van der Waals surface area contributed by atoms with Gasteiger partial charge in [0.05, 0.1) is 5.56 Å². The first-order valence-corrected chi connectivity index (χ1v) is 9.77. The number of nitrogens with one attached hydrogen (secondary N) is 2. The average molecular weight is 411 g/mol. The lowest BCUT2D eigenvalue weighted by atomic mass is 9.74. The van der Waals surface area contributed by atoms with Crippen molar-refractivity contribution in [1.29, 1.82) is 0 Å². The summed E-state index contributed by atoms with van der Waals surface area (Å²) in [5.41, 5.74) is 5.48. The molecule has 1 aromatic heterocycles. The number of carbonyl (C=O) groups is 3. The Morgan fingerprint density at radius 1 is 1.20 bits per heavy atom. The van der Waals surface area contributed by atoms with Crippen molar-refractivity contribution >= 4 is 23.7 Å². The first-order chi connectivity index (χ1) is 14.4. The molecule has 0 bridgehead atoms. The number of carbonyl (C=O) groups excluding carboxylic acids is 3. The number of amides is 4. The Morgan fingerprint density at radius 3 is 2.50 bits per heavy atom. The molecule has 156 valence electrons. The third kappa shape index (κ3) is 3.58. The molecule has 2 aliphatic heterocycles. The number of benzene rings is 1. The molecule has 2 saturated heterocycles. The highest BCUT2D eigenvalue weighted by Gasteiger charge is 2.52. The molecule has 2 aromatic rings. The van der Waals surface area contributed by atoms with Crippen molar-refractivity contribution in [3.8, 4) is 0 Å². The predicted octanol–water partition coefficient (Wildman–Crippen LogP) is 1.36. The van der Waals surface area contributed by atoms with Gasteiger partial charge in [0.15, 0.2) is 0 Å². The number of rotatable bonds is 5. The van der Waals surface area contributed by atoms with E-state index in [1.54, 1.807) is 30.5 Å². The Kier molecular flexibility index (Phi) is 5.11. The van der Waals surface area contributed by atoms with Gasteiger partial charge in [-0.2, -0.15) is 0 Å². The number of primary amides is 1. The number of urea groups is 1. The summed E-state index contributed by atoms with van der Waals surface area (Å²) in [6, 6.07) is 8.70. The molecule has 3 heterocycles. The zero-order chi connectivity index (χ0) is 21.3. The fourth-order valence-corrected chi connectivity index (χ4v) is 4.41. The largest absolute Gasteiger partial charge is 0.365 e. The van der Waals surface area contributed by atoms with Gasteiger partial charge in [0.1, 0.15) is 17.2 Å². The highest BCUT2D eigenvalue weighted by Crippen LogP contribution is 2.35. The first-order valence-electron chi connectivity index (χ1n) is 9.77. The summed E-state index contributed by atoms with van der Waals surface area (Å²) in [6.45, 7) is 1.10. The second-order valence-corrected chi connectivity index (χ2v) is 7.68. The van der Waals surface area contributed by atoms with E-state index in [1.165, 1.54) is 12.1 Å². The lowest BCUT2D eigenvalue weighted by molar-refractivity contribution is -0.126.